The lowest BCUT2D eigenvalue weighted by atomic mass is 10.1. The summed E-state index contributed by atoms with van der Waals surface area (Å²) < 4.78 is 8.69. The van der Waals surface area contributed by atoms with E-state index in [2.05, 4.69) is 67.9 Å². The number of hydrogen-bond donors (Lipinski definition) is 0. The minimum Gasteiger partial charge on any atom is -0.493 e. The Balaban J connectivity index is 0.833. The monoisotopic (exact) mass is 577 g/mol. The van der Waals surface area contributed by atoms with E-state index in [1.807, 2.05) is 30.2 Å². The molecular weight excluding hydrogens is 534 g/mol. The molecule has 2 fully saturated rings. The highest BCUT2D eigenvalue weighted by molar-refractivity contribution is 6.08. The molecule has 0 radical (unpaired) electrons. The van der Waals surface area contributed by atoms with E-state index >= 15 is 0 Å². The summed E-state index contributed by atoms with van der Waals surface area (Å²) in [6.45, 7) is 11.5. The minimum atomic E-state index is 0.105. The summed E-state index contributed by atoms with van der Waals surface area (Å²) in [5.41, 5.74) is 5.15. The van der Waals surface area contributed by atoms with Gasteiger partial charge in [0.05, 0.1) is 23.9 Å². The number of unbranched alkanes of at least 4 members (excludes halogenated alkanes) is 1. The maximum Gasteiger partial charge on any atom is 0.256 e. The van der Waals surface area contributed by atoms with Crippen LogP contribution in [0.2, 0.25) is 0 Å². The molecular formula is C36H43N5O2. The van der Waals surface area contributed by atoms with Crippen molar-refractivity contribution in [2.75, 3.05) is 52.4 Å². The zero-order valence-electron chi connectivity index (χ0n) is 25.4. The van der Waals surface area contributed by atoms with Crippen LogP contribution in [0.4, 0.5) is 5.69 Å². The number of nitrogens with zero attached hydrogens (tertiary/aromatic N) is 5. The number of ether oxygens (including phenoxy) is 1. The van der Waals surface area contributed by atoms with Crippen LogP contribution in [0.15, 0.2) is 65.7 Å². The van der Waals surface area contributed by atoms with Crippen molar-refractivity contribution in [1.29, 1.82) is 0 Å². The van der Waals surface area contributed by atoms with E-state index in [0.717, 1.165) is 95.0 Å². The van der Waals surface area contributed by atoms with Crippen molar-refractivity contribution in [3.63, 3.8) is 0 Å². The average Bonchev–Trinajstić information content (AvgIpc) is 3.61. The summed E-state index contributed by atoms with van der Waals surface area (Å²) >= 11 is 0. The third-order valence-corrected chi connectivity index (χ3v) is 9.60. The van der Waals surface area contributed by atoms with E-state index < -0.39 is 0 Å². The fourth-order valence-electron chi connectivity index (χ4n) is 7.18. The van der Waals surface area contributed by atoms with Crippen molar-refractivity contribution >= 4 is 39.6 Å². The summed E-state index contributed by atoms with van der Waals surface area (Å²) in [7, 11) is 0. The van der Waals surface area contributed by atoms with Gasteiger partial charge in [0.2, 0.25) is 0 Å². The fraction of sp³-hybridized carbons (Fsp3) is 0.444. The first-order valence-electron chi connectivity index (χ1n) is 16.2. The van der Waals surface area contributed by atoms with Gasteiger partial charge in [0.25, 0.3) is 5.91 Å². The molecule has 3 aromatic carbocycles. The first-order chi connectivity index (χ1) is 21.2. The molecule has 4 heterocycles. The molecule has 0 aliphatic carbocycles. The summed E-state index contributed by atoms with van der Waals surface area (Å²) in [5, 5.41) is 2.72. The molecule has 2 saturated heterocycles. The van der Waals surface area contributed by atoms with E-state index in [1.54, 1.807) is 0 Å². The van der Waals surface area contributed by atoms with Gasteiger partial charge in [-0.05, 0) is 75.9 Å². The number of carbonyl (C=O) groups excluding carboxylic acids is 1. The lowest BCUT2D eigenvalue weighted by Gasteiger charge is -2.34. The number of fused-ring (bicyclic) bond motifs is 5. The van der Waals surface area contributed by atoms with Crippen LogP contribution in [0.5, 0.6) is 5.75 Å². The minimum absolute atomic E-state index is 0.105. The van der Waals surface area contributed by atoms with E-state index in [1.165, 1.54) is 28.2 Å². The number of rotatable bonds is 10. The van der Waals surface area contributed by atoms with Crippen molar-refractivity contribution in [1.82, 2.24) is 19.3 Å². The van der Waals surface area contributed by atoms with Crippen molar-refractivity contribution in [2.24, 2.45) is 4.99 Å². The Bertz CT molecular complexity index is 1580. The van der Waals surface area contributed by atoms with Crippen LogP contribution in [0, 0.1) is 6.92 Å². The van der Waals surface area contributed by atoms with Gasteiger partial charge in [-0.2, -0.15) is 0 Å². The number of aryl methyl sites for hydroxylation is 2. The van der Waals surface area contributed by atoms with Gasteiger partial charge in [0.15, 0.2) is 0 Å². The molecule has 1 amide bonds. The number of amides is 1. The Kier molecular flexibility index (Phi) is 8.18. The lowest BCUT2D eigenvalue weighted by Crippen LogP contribution is -2.46. The molecule has 0 spiro atoms. The third kappa shape index (κ3) is 5.80. The predicted octanol–water partition coefficient (Wildman–Crippen LogP) is 6.29. The molecule has 1 aromatic heterocycles. The first-order valence-corrected chi connectivity index (χ1v) is 16.2. The van der Waals surface area contributed by atoms with Gasteiger partial charge in [-0.15, -0.1) is 0 Å². The van der Waals surface area contributed by atoms with E-state index in [4.69, 9.17) is 4.74 Å². The van der Waals surface area contributed by atoms with Crippen LogP contribution in [0.25, 0.3) is 21.8 Å². The van der Waals surface area contributed by atoms with Crippen molar-refractivity contribution in [3.8, 4) is 5.75 Å². The molecule has 7 nitrogen and oxygen atoms in total. The molecule has 7 heteroatoms. The normalized spacial score (nSPS) is 19.2. The second-order valence-electron chi connectivity index (χ2n) is 12.4. The van der Waals surface area contributed by atoms with Crippen LogP contribution in [-0.2, 0) is 6.54 Å². The average molecular weight is 578 g/mol. The van der Waals surface area contributed by atoms with Gasteiger partial charge in [0.1, 0.15) is 5.75 Å². The van der Waals surface area contributed by atoms with Crippen LogP contribution in [0.1, 0.15) is 48.0 Å². The SMILES string of the molecule is Cc1cc2c(cc1OCCCCN1CCN(CCCn3c4ccccc4c4ccccc43)CC1)N=C[C@@H]1CCCN1C2=O. The molecule has 7 rings (SSSR count). The van der Waals surface area contributed by atoms with Gasteiger partial charge in [0, 0.05) is 73.4 Å². The molecule has 3 aliphatic heterocycles. The van der Waals surface area contributed by atoms with Crippen LogP contribution in [0.3, 0.4) is 0 Å². The molecule has 0 N–H and O–H groups in total. The Hall–Kier alpha value is -3.68. The molecule has 1 atom stereocenters. The second kappa shape index (κ2) is 12.5. The Morgan fingerprint density at radius 3 is 2.21 bits per heavy atom. The van der Waals surface area contributed by atoms with Gasteiger partial charge >= 0.3 is 0 Å². The molecule has 43 heavy (non-hydrogen) atoms. The molecule has 3 aliphatic rings. The summed E-state index contributed by atoms with van der Waals surface area (Å²) in [5.74, 6) is 0.952. The van der Waals surface area contributed by atoms with Crippen LogP contribution < -0.4 is 4.74 Å². The summed E-state index contributed by atoms with van der Waals surface area (Å²) in [6, 6.07) is 21.7. The number of piperazine rings is 1. The number of aliphatic imine (C=N–C) groups is 1. The second-order valence-corrected chi connectivity index (χ2v) is 12.4. The maximum atomic E-state index is 13.0. The number of hydrogen-bond acceptors (Lipinski definition) is 5. The molecule has 4 aromatic rings. The van der Waals surface area contributed by atoms with Crippen LogP contribution in [-0.4, -0.2) is 89.9 Å². The quantitative estimate of drug-likeness (QED) is 0.208. The first kappa shape index (κ1) is 28.1. The summed E-state index contributed by atoms with van der Waals surface area (Å²) in [6.07, 6.45) is 7.32. The topological polar surface area (TPSA) is 53.3 Å². The largest absolute Gasteiger partial charge is 0.493 e. The van der Waals surface area contributed by atoms with E-state index in [-0.39, 0.29) is 11.9 Å². The van der Waals surface area contributed by atoms with E-state index in [9.17, 15) is 4.79 Å². The third-order valence-electron chi connectivity index (χ3n) is 9.60. The van der Waals surface area contributed by atoms with Crippen molar-refractivity contribution in [3.05, 3.63) is 71.8 Å². The Morgan fingerprint density at radius 2 is 1.49 bits per heavy atom. The highest BCUT2D eigenvalue weighted by Gasteiger charge is 2.32. The number of carbonyl (C=O) groups is 1. The van der Waals surface area contributed by atoms with Crippen LogP contribution >= 0.6 is 0 Å². The van der Waals surface area contributed by atoms with Gasteiger partial charge in [-0.25, -0.2) is 0 Å². The maximum absolute atomic E-state index is 13.0. The Morgan fingerprint density at radius 1 is 0.814 bits per heavy atom. The zero-order valence-corrected chi connectivity index (χ0v) is 25.4. The Labute approximate surface area is 254 Å². The lowest BCUT2D eigenvalue weighted by molar-refractivity contribution is 0.0774. The highest BCUT2D eigenvalue weighted by atomic mass is 16.5. The van der Waals surface area contributed by atoms with Gasteiger partial charge in [-0.1, -0.05) is 36.4 Å². The zero-order chi connectivity index (χ0) is 29.2. The smallest absolute Gasteiger partial charge is 0.256 e. The molecule has 0 bridgehead atoms. The van der Waals surface area contributed by atoms with Gasteiger partial charge in [-0.3, -0.25) is 9.79 Å². The number of para-hydroxylation sites is 2. The van der Waals surface area contributed by atoms with E-state index in [0.29, 0.717) is 12.2 Å². The molecule has 224 valence electrons. The number of benzene rings is 3. The number of aromatic nitrogens is 1. The van der Waals surface area contributed by atoms with Crippen molar-refractivity contribution < 1.29 is 9.53 Å². The molecule has 0 saturated carbocycles. The highest BCUT2D eigenvalue weighted by Crippen LogP contribution is 2.34. The van der Waals surface area contributed by atoms with Gasteiger partial charge < -0.3 is 24.0 Å². The standard InChI is InChI=1S/C36H43N5O2/c1-27-24-31-32(37-26-28-10-8-17-40(28)36(31)42)25-35(27)43-23-7-6-15-38-19-21-39(22-20-38)16-9-18-41-33-13-4-2-11-29(33)30-12-3-5-14-34(30)41/h2-5,11-14,24-26,28H,6-10,15-23H2,1H3/t28-/m0/s1. The fourth-order valence-corrected chi connectivity index (χ4v) is 7.18. The predicted molar refractivity (Wildman–Crippen MR) is 175 cm³/mol. The van der Waals surface area contributed by atoms with Crippen molar-refractivity contribution in [2.45, 2.75) is 51.6 Å². The molecule has 0 unspecified atom stereocenters. The summed E-state index contributed by atoms with van der Waals surface area (Å²) in [4.78, 5) is 24.9.